The number of amidine groups is 1. The number of hydrogen-bond donors (Lipinski definition) is 2. The van der Waals surface area contributed by atoms with Crippen molar-refractivity contribution in [2.24, 2.45) is 4.99 Å². The lowest BCUT2D eigenvalue weighted by Gasteiger charge is -2.35. The number of aromatic nitrogens is 1. The lowest BCUT2D eigenvalue weighted by Crippen LogP contribution is -2.44. The largest absolute Gasteiger partial charge is 0.508 e. The van der Waals surface area contributed by atoms with Crippen molar-refractivity contribution in [2.75, 3.05) is 13.1 Å². The monoisotopic (exact) mass is 400 g/mol. The molecule has 30 heavy (non-hydrogen) atoms. The van der Waals surface area contributed by atoms with Crippen LogP contribution in [0.2, 0.25) is 0 Å². The Morgan fingerprint density at radius 1 is 0.967 bits per heavy atom. The number of phenols is 1. The third-order valence-corrected chi connectivity index (χ3v) is 5.72. The maximum Gasteiger partial charge on any atom is 0.190 e. The minimum Gasteiger partial charge on any atom is -0.508 e. The number of aromatic hydroxyl groups is 1. The number of rotatable bonds is 4. The lowest BCUT2D eigenvalue weighted by atomic mass is 10.0. The molecule has 1 spiro atoms. The maximum absolute atomic E-state index is 9.67. The van der Waals surface area contributed by atoms with Crippen molar-refractivity contribution in [3.05, 3.63) is 84.1 Å². The van der Waals surface area contributed by atoms with Gasteiger partial charge in [0.2, 0.25) is 0 Å². The molecule has 0 radical (unpaired) electrons. The average molecular weight is 400 g/mol. The molecule has 2 aromatic carbocycles. The van der Waals surface area contributed by atoms with Gasteiger partial charge in [0.1, 0.15) is 5.75 Å². The topological polar surface area (TPSA) is 70.0 Å². The van der Waals surface area contributed by atoms with Gasteiger partial charge in [-0.25, -0.2) is 15.3 Å². The van der Waals surface area contributed by atoms with Crippen LogP contribution in [-0.4, -0.2) is 39.6 Å². The van der Waals surface area contributed by atoms with Gasteiger partial charge < -0.3 is 5.11 Å². The smallest absolute Gasteiger partial charge is 0.190 e. The van der Waals surface area contributed by atoms with E-state index in [-0.39, 0.29) is 5.75 Å². The fourth-order valence-corrected chi connectivity index (χ4v) is 4.00. The summed E-state index contributed by atoms with van der Waals surface area (Å²) in [5, 5.41) is 9.67. The minimum atomic E-state index is -0.494. The molecule has 5 rings (SSSR count). The van der Waals surface area contributed by atoms with Crippen molar-refractivity contribution in [3.8, 4) is 17.0 Å². The van der Waals surface area contributed by atoms with Gasteiger partial charge in [-0.2, -0.15) is 0 Å². The van der Waals surface area contributed by atoms with Crippen molar-refractivity contribution >= 4 is 5.84 Å². The van der Waals surface area contributed by atoms with Crippen molar-refractivity contribution in [1.29, 1.82) is 0 Å². The predicted molar refractivity (Wildman–Crippen MR) is 116 cm³/mol. The van der Waals surface area contributed by atoms with E-state index in [0.29, 0.717) is 0 Å². The van der Waals surface area contributed by atoms with Crippen LogP contribution in [-0.2, 0) is 11.4 Å². The number of likely N-dealkylation sites (tertiary alicyclic amines) is 1. The van der Waals surface area contributed by atoms with Crippen molar-refractivity contribution in [2.45, 2.75) is 25.1 Å². The average Bonchev–Trinajstić information content (AvgIpc) is 3.20. The van der Waals surface area contributed by atoms with E-state index in [1.54, 1.807) is 18.3 Å². The first kappa shape index (κ1) is 18.8. The van der Waals surface area contributed by atoms with Crippen LogP contribution in [0.15, 0.2) is 77.9 Å². The summed E-state index contributed by atoms with van der Waals surface area (Å²) in [5.74, 6) is 0.954. The highest BCUT2D eigenvalue weighted by Gasteiger charge is 2.40. The fourth-order valence-electron chi connectivity index (χ4n) is 4.00. The van der Waals surface area contributed by atoms with Gasteiger partial charge in [-0.05, 0) is 29.8 Å². The fraction of sp³-hybridized carbons (Fsp3) is 0.250. The van der Waals surface area contributed by atoms with Gasteiger partial charge in [0.25, 0.3) is 0 Å². The van der Waals surface area contributed by atoms with E-state index in [1.807, 2.05) is 30.3 Å². The molecule has 0 saturated carbocycles. The first-order chi connectivity index (χ1) is 14.7. The Morgan fingerprint density at radius 3 is 2.53 bits per heavy atom. The van der Waals surface area contributed by atoms with E-state index in [1.165, 1.54) is 5.56 Å². The lowest BCUT2D eigenvalue weighted by molar-refractivity contribution is -0.0901. The molecule has 6 nitrogen and oxygen atoms in total. The summed E-state index contributed by atoms with van der Waals surface area (Å²) in [4.78, 5) is 17.8. The molecule has 0 unspecified atom stereocenters. The second-order valence-corrected chi connectivity index (χ2v) is 7.85. The number of pyridine rings is 1. The minimum absolute atomic E-state index is 0.231. The molecule has 1 saturated heterocycles. The van der Waals surface area contributed by atoms with E-state index in [2.05, 4.69) is 39.6 Å². The van der Waals surface area contributed by atoms with Crippen LogP contribution >= 0.6 is 0 Å². The van der Waals surface area contributed by atoms with Crippen LogP contribution in [0.3, 0.4) is 0 Å². The standard InChI is InChI=1S/C24H24N4O2/c29-21-8-4-7-19(15-21)22-10-9-20(16-25-22)23-26-24(30-27-23)11-13-28(14-12-24)17-18-5-2-1-3-6-18/h1-10,15-16,29H,11-14,17H2,(H,26,27). The van der Waals surface area contributed by atoms with Gasteiger partial charge >= 0.3 is 0 Å². The van der Waals surface area contributed by atoms with Crippen LogP contribution in [0.4, 0.5) is 0 Å². The number of nitrogens with one attached hydrogen (secondary N) is 1. The normalized spacial score (nSPS) is 18.2. The van der Waals surface area contributed by atoms with E-state index in [0.717, 1.165) is 55.1 Å². The van der Waals surface area contributed by atoms with E-state index >= 15 is 0 Å². The molecule has 2 aliphatic heterocycles. The molecule has 2 aliphatic rings. The molecule has 1 fully saturated rings. The number of benzene rings is 2. The van der Waals surface area contributed by atoms with Crippen LogP contribution in [0.25, 0.3) is 11.3 Å². The van der Waals surface area contributed by atoms with Crippen molar-refractivity contribution in [3.63, 3.8) is 0 Å². The molecule has 3 aromatic rings. The SMILES string of the molecule is Oc1cccc(-c2ccc(C3=NC4(CCN(Cc5ccccc5)CC4)ON3)cn2)c1. The van der Waals surface area contributed by atoms with Crippen LogP contribution in [0.1, 0.15) is 24.0 Å². The summed E-state index contributed by atoms with van der Waals surface area (Å²) in [6.45, 7) is 2.85. The number of aliphatic imine (C=N–C) groups is 1. The number of hydroxylamine groups is 1. The molecule has 0 aliphatic carbocycles. The third kappa shape index (κ3) is 3.92. The first-order valence-corrected chi connectivity index (χ1v) is 10.3. The summed E-state index contributed by atoms with van der Waals surface area (Å²) in [6.07, 6.45) is 3.49. The van der Waals surface area contributed by atoms with Gasteiger partial charge in [-0.1, -0.05) is 42.5 Å². The summed E-state index contributed by atoms with van der Waals surface area (Å²) in [6, 6.07) is 21.6. The quantitative estimate of drug-likeness (QED) is 0.698. The Bertz CT molecular complexity index is 1040. The Labute approximate surface area is 175 Å². The van der Waals surface area contributed by atoms with E-state index in [4.69, 9.17) is 9.83 Å². The molecule has 0 atom stereocenters. The van der Waals surface area contributed by atoms with Crippen LogP contribution in [0, 0.1) is 0 Å². The molecular formula is C24H24N4O2. The third-order valence-electron chi connectivity index (χ3n) is 5.72. The summed E-state index contributed by atoms with van der Waals surface area (Å²) in [5.41, 5.74) is 6.43. The number of phenolic OH excluding ortho intramolecular Hbond substituents is 1. The zero-order valence-corrected chi connectivity index (χ0v) is 16.7. The van der Waals surface area contributed by atoms with Crippen LogP contribution in [0.5, 0.6) is 5.75 Å². The van der Waals surface area contributed by atoms with Crippen LogP contribution < -0.4 is 5.48 Å². The second kappa shape index (κ2) is 7.89. The Balaban J connectivity index is 1.25. The van der Waals surface area contributed by atoms with Gasteiger partial charge in [0, 0.05) is 49.8 Å². The molecular weight excluding hydrogens is 376 g/mol. The highest BCUT2D eigenvalue weighted by atomic mass is 16.7. The van der Waals surface area contributed by atoms with E-state index in [9.17, 15) is 5.11 Å². The van der Waals surface area contributed by atoms with Gasteiger partial charge in [0.15, 0.2) is 11.6 Å². The molecule has 0 amide bonds. The van der Waals surface area contributed by atoms with Crippen molar-refractivity contribution in [1.82, 2.24) is 15.4 Å². The zero-order valence-electron chi connectivity index (χ0n) is 16.7. The molecule has 2 N–H and O–H groups in total. The van der Waals surface area contributed by atoms with Gasteiger partial charge in [-0.15, -0.1) is 0 Å². The summed E-state index contributed by atoms with van der Waals surface area (Å²) >= 11 is 0. The highest BCUT2D eigenvalue weighted by Crippen LogP contribution is 2.32. The zero-order chi connectivity index (χ0) is 20.4. The Kier molecular flexibility index (Phi) is 4.94. The summed E-state index contributed by atoms with van der Waals surface area (Å²) < 4.78 is 0. The Hall–Kier alpha value is -3.22. The Morgan fingerprint density at radius 2 is 1.80 bits per heavy atom. The first-order valence-electron chi connectivity index (χ1n) is 10.3. The van der Waals surface area contributed by atoms with Gasteiger partial charge in [-0.3, -0.25) is 9.88 Å². The maximum atomic E-state index is 9.67. The van der Waals surface area contributed by atoms with Crippen molar-refractivity contribution < 1.29 is 9.94 Å². The molecule has 3 heterocycles. The summed E-state index contributed by atoms with van der Waals surface area (Å²) in [7, 11) is 0. The molecule has 0 bridgehead atoms. The second-order valence-electron chi connectivity index (χ2n) is 7.85. The molecule has 6 heteroatoms. The van der Waals surface area contributed by atoms with E-state index < -0.39 is 5.72 Å². The predicted octanol–water partition coefficient (Wildman–Crippen LogP) is 3.73. The number of piperidine rings is 1. The molecule has 152 valence electrons. The molecule has 1 aromatic heterocycles. The number of hydrogen-bond acceptors (Lipinski definition) is 6. The highest BCUT2D eigenvalue weighted by molar-refractivity contribution is 5.99. The van der Waals surface area contributed by atoms with Gasteiger partial charge in [0.05, 0.1) is 5.69 Å². The number of nitrogens with zero attached hydrogens (tertiary/aromatic N) is 3.